The standard InChI is InChI=1S/C18H28N4Si/c1-12(2)23(13(3)4,14(5)6)21-9-8-17-18(21)20-11-16-10-19-15(7)22(16)17/h8-14H,1-7H3. The Morgan fingerprint density at radius 2 is 1.48 bits per heavy atom. The van der Waals surface area contributed by atoms with Crippen LogP contribution >= 0.6 is 0 Å². The van der Waals surface area contributed by atoms with Gasteiger partial charge in [-0.25, -0.2) is 9.97 Å². The zero-order chi connectivity index (χ0) is 16.9. The number of fused-ring (bicyclic) bond motifs is 3. The van der Waals surface area contributed by atoms with E-state index >= 15 is 0 Å². The summed E-state index contributed by atoms with van der Waals surface area (Å²) in [7, 11) is -1.78. The molecule has 0 N–H and O–H groups in total. The molecule has 4 nitrogen and oxygen atoms in total. The molecule has 0 bridgehead atoms. The first-order valence-corrected chi connectivity index (χ1v) is 10.8. The average Bonchev–Trinajstić information content (AvgIpc) is 3.03. The molecule has 0 unspecified atom stereocenters. The van der Waals surface area contributed by atoms with Gasteiger partial charge in [-0.3, -0.25) is 4.40 Å². The molecule has 23 heavy (non-hydrogen) atoms. The minimum Gasteiger partial charge on any atom is -0.357 e. The maximum Gasteiger partial charge on any atom is 0.171 e. The van der Waals surface area contributed by atoms with Crippen molar-refractivity contribution in [3.05, 3.63) is 30.5 Å². The lowest BCUT2D eigenvalue weighted by atomic mass is 10.4. The van der Waals surface area contributed by atoms with Gasteiger partial charge in [-0.15, -0.1) is 0 Å². The van der Waals surface area contributed by atoms with Gasteiger partial charge in [0.2, 0.25) is 0 Å². The summed E-state index contributed by atoms with van der Waals surface area (Å²) < 4.78 is 4.78. The van der Waals surface area contributed by atoms with E-state index in [4.69, 9.17) is 4.98 Å². The first-order chi connectivity index (χ1) is 10.8. The van der Waals surface area contributed by atoms with E-state index in [1.54, 1.807) is 0 Å². The summed E-state index contributed by atoms with van der Waals surface area (Å²) >= 11 is 0. The summed E-state index contributed by atoms with van der Waals surface area (Å²) in [6, 6.07) is 2.22. The molecule has 0 aliphatic rings. The summed E-state index contributed by atoms with van der Waals surface area (Å²) in [5.41, 5.74) is 5.31. The molecular weight excluding hydrogens is 300 g/mol. The molecule has 0 atom stereocenters. The Kier molecular flexibility index (Phi) is 3.87. The summed E-state index contributed by atoms with van der Waals surface area (Å²) in [6.07, 6.45) is 6.14. The molecule has 0 aromatic carbocycles. The van der Waals surface area contributed by atoms with E-state index in [0.29, 0.717) is 16.6 Å². The fourth-order valence-electron chi connectivity index (χ4n) is 4.86. The third kappa shape index (κ3) is 2.09. The maximum absolute atomic E-state index is 4.83. The number of aryl methyl sites for hydroxylation is 1. The van der Waals surface area contributed by atoms with Crippen molar-refractivity contribution >= 4 is 24.9 Å². The summed E-state index contributed by atoms with van der Waals surface area (Å²) in [6.45, 7) is 16.4. The number of rotatable bonds is 4. The van der Waals surface area contributed by atoms with E-state index in [0.717, 1.165) is 17.0 Å². The largest absolute Gasteiger partial charge is 0.357 e. The van der Waals surface area contributed by atoms with Gasteiger partial charge in [-0.1, -0.05) is 41.5 Å². The molecule has 0 saturated heterocycles. The average molecular weight is 329 g/mol. The van der Waals surface area contributed by atoms with E-state index in [1.165, 1.54) is 5.52 Å². The Hall–Kier alpha value is -1.62. The molecule has 5 heteroatoms. The number of aromatic nitrogens is 4. The highest BCUT2D eigenvalue weighted by molar-refractivity contribution is 6.82. The Balaban J connectivity index is 2.38. The predicted octanol–water partition coefficient (Wildman–Crippen LogP) is 5.02. The molecule has 3 aromatic heterocycles. The van der Waals surface area contributed by atoms with Crippen LogP contribution in [0.15, 0.2) is 24.7 Å². The van der Waals surface area contributed by atoms with Crippen LogP contribution in [0.3, 0.4) is 0 Å². The number of hydrogen-bond acceptors (Lipinski definition) is 2. The van der Waals surface area contributed by atoms with E-state index in [2.05, 4.69) is 74.3 Å². The van der Waals surface area contributed by atoms with Crippen LogP contribution in [0.25, 0.3) is 16.7 Å². The Labute approximate surface area is 139 Å². The van der Waals surface area contributed by atoms with E-state index in [9.17, 15) is 0 Å². The van der Waals surface area contributed by atoms with Crippen molar-refractivity contribution in [2.45, 2.75) is 65.1 Å². The Bertz CT molecular complexity index is 820. The van der Waals surface area contributed by atoms with Gasteiger partial charge < -0.3 is 4.23 Å². The fraction of sp³-hybridized carbons (Fsp3) is 0.556. The van der Waals surface area contributed by atoms with E-state index in [1.807, 2.05) is 12.4 Å². The number of nitrogens with zero attached hydrogens (tertiary/aromatic N) is 4. The Morgan fingerprint density at radius 3 is 2.04 bits per heavy atom. The highest BCUT2D eigenvalue weighted by Gasteiger charge is 2.46. The predicted molar refractivity (Wildman–Crippen MR) is 99.7 cm³/mol. The molecule has 0 aliphatic heterocycles. The zero-order valence-electron chi connectivity index (χ0n) is 15.3. The van der Waals surface area contributed by atoms with Crippen molar-refractivity contribution in [2.24, 2.45) is 0 Å². The van der Waals surface area contributed by atoms with Gasteiger partial charge in [-0.05, 0) is 35.8 Å². The molecule has 3 heterocycles. The highest BCUT2D eigenvalue weighted by atomic mass is 28.3. The quantitative estimate of drug-likeness (QED) is 0.631. The van der Waals surface area contributed by atoms with E-state index < -0.39 is 8.24 Å². The molecule has 0 spiro atoms. The number of imidazole rings is 1. The normalized spacial score (nSPS) is 13.3. The van der Waals surface area contributed by atoms with Crippen molar-refractivity contribution in [3.63, 3.8) is 0 Å². The number of hydrogen-bond donors (Lipinski definition) is 0. The molecule has 3 rings (SSSR count). The smallest absolute Gasteiger partial charge is 0.171 e. The van der Waals surface area contributed by atoms with Crippen molar-refractivity contribution < 1.29 is 0 Å². The Morgan fingerprint density at radius 1 is 0.913 bits per heavy atom. The molecule has 0 aliphatic carbocycles. The van der Waals surface area contributed by atoms with Gasteiger partial charge in [0.05, 0.1) is 23.4 Å². The van der Waals surface area contributed by atoms with Crippen molar-refractivity contribution in [1.82, 2.24) is 18.6 Å². The lowest BCUT2D eigenvalue weighted by molar-refractivity contribution is 0.770. The summed E-state index contributed by atoms with van der Waals surface area (Å²) in [5, 5.41) is 0. The molecule has 0 amide bonds. The lowest BCUT2D eigenvalue weighted by Gasteiger charge is -2.44. The van der Waals surface area contributed by atoms with Crippen LogP contribution in [-0.2, 0) is 0 Å². The SMILES string of the molecule is Cc1ncc2cnc3c(ccn3[Si](C(C)C)(C(C)C)C(C)C)n12. The van der Waals surface area contributed by atoms with Crippen LogP contribution < -0.4 is 0 Å². The molecule has 0 radical (unpaired) electrons. The summed E-state index contributed by atoms with van der Waals surface area (Å²) in [4.78, 5) is 9.28. The van der Waals surface area contributed by atoms with Crippen molar-refractivity contribution in [2.75, 3.05) is 0 Å². The highest BCUT2D eigenvalue weighted by Crippen LogP contribution is 2.43. The van der Waals surface area contributed by atoms with Gasteiger partial charge >= 0.3 is 0 Å². The van der Waals surface area contributed by atoms with Gasteiger partial charge in [0.15, 0.2) is 8.24 Å². The van der Waals surface area contributed by atoms with E-state index in [-0.39, 0.29) is 0 Å². The second kappa shape index (κ2) is 5.48. The third-order valence-corrected chi connectivity index (χ3v) is 12.3. The van der Waals surface area contributed by atoms with Crippen LogP contribution in [0.1, 0.15) is 47.4 Å². The summed E-state index contributed by atoms with van der Waals surface area (Å²) in [5.74, 6) is 1.02. The maximum atomic E-state index is 4.83. The second-order valence-electron chi connectivity index (χ2n) is 7.57. The van der Waals surface area contributed by atoms with Crippen LogP contribution in [0.5, 0.6) is 0 Å². The zero-order valence-corrected chi connectivity index (χ0v) is 16.3. The molecular formula is C18H28N4Si. The van der Waals surface area contributed by atoms with Gasteiger partial charge in [0.25, 0.3) is 0 Å². The first-order valence-electron chi connectivity index (χ1n) is 8.62. The minimum absolute atomic E-state index is 0.652. The van der Waals surface area contributed by atoms with Crippen LogP contribution in [0.2, 0.25) is 16.6 Å². The molecule has 124 valence electrons. The van der Waals surface area contributed by atoms with Crippen molar-refractivity contribution in [1.29, 1.82) is 0 Å². The van der Waals surface area contributed by atoms with Gasteiger partial charge in [-0.2, -0.15) is 0 Å². The van der Waals surface area contributed by atoms with Gasteiger partial charge in [0.1, 0.15) is 11.5 Å². The minimum atomic E-state index is -1.78. The third-order valence-electron chi connectivity index (χ3n) is 5.56. The van der Waals surface area contributed by atoms with Crippen LogP contribution in [0.4, 0.5) is 0 Å². The van der Waals surface area contributed by atoms with Crippen LogP contribution in [-0.4, -0.2) is 26.8 Å². The first kappa shape index (κ1) is 16.2. The second-order valence-corrected chi connectivity index (χ2v) is 13.3. The van der Waals surface area contributed by atoms with Crippen LogP contribution in [0, 0.1) is 6.92 Å². The van der Waals surface area contributed by atoms with Gasteiger partial charge in [0, 0.05) is 0 Å². The molecule has 3 aromatic rings. The fourth-order valence-corrected chi connectivity index (χ4v) is 11.4. The van der Waals surface area contributed by atoms with Crippen molar-refractivity contribution in [3.8, 4) is 0 Å². The molecule has 0 saturated carbocycles. The molecule has 0 fully saturated rings. The monoisotopic (exact) mass is 328 g/mol. The topological polar surface area (TPSA) is 35.1 Å². The lowest BCUT2D eigenvalue weighted by Crippen LogP contribution is -2.51.